The molecule has 2 aromatic carbocycles. The van der Waals surface area contributed by atoms with Crippen LogP contribution in [0.3, 0.4) is 0 Å². The molecule has 10 heteroatoms. The van der Waals surface area contributed by atoms with Gasteiger partial charge in [-0.3, -0.25) is 5.41 Å². The summed E-state index contributed by atoms with van der Waals surface area (Å²) in [5, 5.41) is 19.4. The van der Waals surface area contributed by atoms with E-state index in [2.05, 4.69) is 4.74 Å². The number of nitrogens with zero attached hydrogens (tertiary/aromatic N) is 1. The molecule has 0 amide bonds. The van der Waals surface area contributed by atoms with Crippen molar-refractivity contribution >= 4 is 17.4 Å². The molecule has 39 heavy (non-hydrogen) atoms. The van der Waals surface area contributed by atoms with E-state index in [1.54, 1.807) is 6.07 Å². The number of alkyl halides is 3. The molecule has 2 aliphatic heterocycles. The molecular formula is C29H30F4N2O4. The number of anilines is 1. The summed E-state index contributed by atoms with van der Waals surface area (Å²) in [7, 11) is 1.24. The largest absolute Gasteiger partial charge is 0.512 e. The molecule has 2 aromatic rings. The van der Waals surface area contributed by atoms with Crippen molar-refractivity contribution in [3.8, 4) is 0 Å². The first-order chi connectivity index (χ1) is 18.6. The van der Waals surface area contributed by atoms with Crippen LogP contribution in [0, 0.1) is 17.1 Å². The van der Waals surface area contributed by atoms with E-state index in [1.165, 1.54) is 37.4 Å². The highest BCUT2D eigenvalue weighted by Crippen LogP contribution is 2.42. The lowest BCUT2D eigenvalue weighted by Crippen LogP contribution is -2.46. The predicted octanol–water partition coefficient (Wildman–Crippen LogP) is 6.44. The average Bonchev–Trinajstić information content (AvgIpc) is 3.73. The van der Waals surface area contributed by atoms with E-state index < -0.39 is 23.5 Å². The molecular weight excluding hydrogens is 516 g/mol. The smallest absolute Gasteiger partial charge is 0.417 e. The molecule has 0 radical (unpaired) electrons. The van der Waals surface area contributed by atoms with Gasteiger partial charge in [0.1, 0.15) is 11.6 Å². The van der Waals surface area contributed by atoms with Gasteiger partial charge in [-0.05, 0) is 62.8 Å². The lowest BCUT2D eigenvalue weighted by Gasteiger charge is -2.40. The van der Waals surface area contributed by atoms with Crippen LogP contribution in [-0.2, 0) is 15.7 Å². The van der Waals surface area contributed by atoms with Gasteiger partial charge in [0.15, 0.2) is 0 Å². The lowest BCUT2D eigenvalue weighted by molar-refractivity contribution is -0.137. The maximum absolute atomic E-state index is 15.0. The van der Waals surface area contributed by atoms with E-state index in [0.29, 0.717) is 31.4 Å². The summed E-state index contributed by atoms with van der Waals surface area (Å²) in [5.41, 5.74) is -0.993. The van der Waals surface area contributed by atoms with E-state index >= 15 is 0 Å². The zero-order valence-corrected chi connectivity index (χ0v) is 21.4. The van der Waals surface area contributed by atoms with Crippen molar-refractivity contribution in [1.82, 2.24) is 0 Å². The summed E-state index contributed by atoms with van der Waals surface area (Å²) in [6.07, 6.45) is -0.679. The minimum Gasteiger partial charge on any atom is -0.512 e. The molecule has 0 spiro atoms. The van der Waals surface area contributed by atoms with Crippen LogP contribution in [0.15, 0.2) is 53.8 Å². The highest BCUT2D eigenvalue weighted by Gasteiger charge is 2.43. The van der Waals surface area contributed by atoms with Gasteiger partial charge in [0.2, 0.25) is 0 Å². The minimum absolute atomic E-state index is 0.0120. The van der Waals surface area contributed by atoms with Crippen LogP contribution in [0.25, 0.3) is 0 Å². The summed E-state index contributed by atoms with van der Waals surface area (Å²) in [6, 6.07) is 9.15. The number of aliphatic hydroxyl groups excluding tert-OH is 1. The molecule has 2 unspecified atom stereocenters. The maximum atomic E-state index is 15.0. The van der Waals surface area contributed by atoms with Crippen molar-refractivity contribution in [1.29, 1.82) is 5.41 Å². The number of fused-ring (bicyclic) bond motifs is 2. The third kappa shape index (κ3) is 5.52. The van der Waals surface area contributed by atoms with Gasteiger partial charge >= 0.3 is 12.1 Å². The van der Waals surface area contributed by atoms with Crippen LogP contribution in [0.4, 0.5) is 23.2 Å². The Morgan fingerprint density at radius 1 is 1.08 bits per heavy atom. The number of carbonyl (C=O) groups excluding carboxylic acids is 1. The second-order valence-corrected chi connectivity index (χ2v) is 10.4. The molecule has 1 aliphatic carbocycles. The van der Waals surface area contributed by atoms with Crippen LogP contribution >= 0.6 is 0 Å². The highest BCUT2D eigenvalue weighted by atomic mass is 19.4. The quantitative estimate of drug-likeness (QED) is 0.172. The third-order valence-corrected chi connectivity index (χ3v) is 7.88. The van der Waals surface area contributed by atoms with Crippen LogP contribution in [-0.4, -0.2) is 48.7 Å². The van der Waals surface area contributed by atoms with Crippen LogP contribution in [0.2, 0.25) is 0 Å². The summed E-state index contributed by atoms with van der Waals surface area (Å²) in [6.45, 7) is -0.181. The molecule has 2 heterocycles. The lowest BCUT2D eigenvalue weighted by atomic mass is 9.95. The van der Waals surface area contributed by atoms with E-state index in [0.717, 1.165) is 18.9 Å². The molecule has 2 saturated heterocycles. The maximum Gasteiger partial charge on any atom is 0.417 e. The predicted molar refractivity (Wildman–Crippen MR) is 137 cm³/mol. The Labute approximate surface area is 223 Å². The fraction of sp³-hybridized carbons (Fsp3) is 0.448. The Kier molecular flexibility index (Phi) is 7.41. The number of piperidine rings is 1. The number of hydrogen-bond donors (Lipinski definition) is 2. The van der Waals surface area contributed by atoms with Crippen molar-refractivity contribution in [2.24, 2.45) is 5.92 Å². The van der Waals surface area contributed by atoms with Gasteiger partial charge < -0.3 is 19.5 Å². The number of ether oxygens (including phenoxy) is 2. The normalized spacial score (nSPS) is 23.4. The summed E-state index contributed by atoms with van der Waals surface area (Å²) in [5.74, 6) is -1.37. The molecule has 2 N–H and O–H groups in total. The van der Waals surface area contributed by atoms with Gasteiger partial charge in [-0.2, -0.15) is 13.2 Å². The van der Waals surface area contributed by atoms with Crippen LogP contribution < -0.4 is 4.90 Å². The monoisotopic (exact) mass is 546 g/mol. The number of aliphatic hydroxyl groups is 1. The number of nitrogens with one attached hydrogen (secondary N) is 1. The number of benzene rings is 2. The number of halogens is 4. The standard InChI is InChI=1S/C29H30F4N2O4/c1-38-28(37)17-8-11-25(24(30)12-17)35-18-9-10-19(35)14-20(13-18)39-15-22(27(36)16-6-7-16)26(34)21-4-2-3-5-23(21)29(31,32)33/h2-5,8,11-12,16,18-20,34,36H,6-7,9-10,13-15H2,1H3/b27-22-,34-26?/t18-,19?,20?/m0/s1. The molecule has 208 valence electrons. The second-order valence-electron chi connectivity index (χ2n) is 10.4. The van der Waals surface area contributed by atoms with Crippen molar-refractivity contribution < 1.29 is 36.9 Å². The first-order valence-electron chi connectivity index (χ1n) is 13.0. The average molecular weight is 547 g/mol. The number of methoxy groups -OCH3 is 1. The van der Waals surface area contributed by atoms with Gasteiger partial charge in [0.25, 0.3) is 0 Å². The Morgan fingerprint density at radius 2 is 1.74 bits per heavy atom. The van der Waals surface area contributed by atoms with Crippen molar-refractivity contribution in [2.75, 3.05) is 18.6 Å². The van der Waals surface area contributed by atoms with Crippen molar-refractivity contribution in [2.45, 2.75) is 62.9 Å². The summed E-state index contributed by atoms with van der Waals surface area (Å²) >= 11 is 0. The van der Waals surface area contributed by atoms with E-state index in [-0.39, 0.29) is 58.9 Å². The number of rotatable bonds is 8. The number of hydrogen-bond acceptors (Lipinski definition) is 6. The Morgan fingerprint density at radius 3 is 2.33 bits per heavy atom. The van der Waals surface area contributed by atoms with E-state index in [1.807, 2.05) is 4.90 Å². The van der Waals surface area contributed by atoms with Gasteiger partial charge in [0, 0.05) is 29.1 Å². The topological polar surface area (TPSA) is 82.8 Å². The summed E-state index contributed by atoms with van der Waals surface area (Å²) in [4.78, 5) is 13.8. The Balaban J connectivity index is 1.31. The zero-order valence-electron chi connectivity index (χ0n) is 21.4. The van der Waals surface area contributed by atoms with Gasteiger partial charge in [-0.25, -0.2) is 9.18 Å². The molecule has 6 nitrogen and oxygen atoms in total. The minimum atomic E-state index is -4.64. The highest BCUT2D eigenvalue weighted by molar-refractivity contribution is 6.12. The first kappa shape index (κ1) is 27.2. The van der Waals surface area contributed by atoms with Gasteiger partial charge in [0.05, 0.1) is 42.3 Å². The number of carbonyl (C=O) groups is 1. The second kappa shape index (κ2) is 10.6. The van der Waals surface area contributed by atoms with Crippen LogP contribution in [0.1, 0.15) is 60.0 Å². The third-order valence-electron chi connectivity index (χ3n) is 7.88. The fourth-order valence-corrected chi connectivity index (χ4v) is 5.81. The van der Waals surface area contributed by atoms with Gasteiger partial charge in [-0.1, -0.05) is 18.2 Å². The van der Waals surface area contributed by atoms with Crippen molar-refractivity contribution in [3.05, 3.63) is 76.3 Å². The zero-order chi connectivity index (χ0) is 27.9. The molecule has 2 bridgehead atoms. The first-order valence-corrected chi connectivity index (χ1v) is 13.0. The van der Waals surface area contributed by atoms with Crippen LogP contribution in [0.5, 0.6) is 0 Å². The van der Waals surface area contributed by atoms with Gasteiger partial charge in [-0.15, -0.1) is 0 Å². The van der Waals surface area contributed by atoms with Crippen molar-refractivity contribution in [3.63, 3.8) is 0 Å². The molecule has 1 saturated carbocycles. The number of esters is 1. The fourth-order valence-electron chi connectivity index (χ4n) is 5.81. The Hall–Kier alpha value is -3.40. The molecule has 5 rings (SSSR count). The Bertz CT molecular complexity index is 1290. The summed E-state index contributed by atoms with van der Waals surface area (Å²) < 4.78 is 66.7. The number of allylic oxidation sites excluding steroid dienone is 1. The SMILES string of the molecule is COC(=O)c1ccc(N2C3CC[C@H]2CC(OC/C(C(=N)c2ccccc2C(F)(F)F)=C(/O)C2CC2)C3)c(F)c1. The molecule has 3 aliphatic rings. The molecule has 0 aromatic heterocycles. The molecule has 3 fully saturated rings. The molecule has 3 atom stereocenters. The van der Waals surface area contributed by atoms with E-state index in [4.69, 9.17) is 10.1 Å². The van der Waals surface area contributed by atoms with E-state index in [9.17, 15) is 27.5 Å².